The van der Waals surface area contributed by atoms with Crippen LogP contribution in [0.1, 0.15) is 49.2 Å². The van der Waals surface area contributed by atoms with Crippen LogP contribution in [0.5, 0.6) is 5.75 Å². The van der Waals surface area contributed by atoms with Crippen LogP contribution in [0.3, 0.4) is 0 Å². The van der Waals surface area contributed by atoms with Gasteiger partial charge >= 0.3 is 0 Å². The van der Waals surface area contributed by atoms with Crippen molar-refractivity contribution in [3.8, 4) is 5.75 Å². The molecule has 1 N–H and O–H groups in total. The summed E-state index contributed by atoms with van der Waals surface area (Å²) >= 11 is 12.1. The monoisotopic (exact) mass is 319 g/mol. The number of hydrogen-bond acceptors (Lipinski definition) is 2. The standard InChI is InChI=1S/C14H16Cl2FNO2/c1-3-20-14-8(7(2)15)6-9(16)13(17)12(14)10-4-5-11(19)18-10/h6-7,10H,3-5H2,1-2H3,(H,18,19). The first-order valence-corrected chi connectivity index (χ1v) is 7.35. The highest BCUT2D eigenvalue weighted by atomic mass is 35.5. The van der Waals surface area contributed by atoms with Crippen molar-refractivity contribution in [2.24, 2.45) is 0 Å². The number of hydrogen-bond donors (Lipinski definition) is 1. The molecule has 1 fully saturated rings. The Balaban J connectivity index is 2.59. The number of nitrogens with one attached hydrogen (secondary N) is 1. The summed E-state index contributed by atoms with van der Waals surface area (Å²) in [5, 5.41) is 2.37. The molecule has 1 aromatic rings. The van der Waals surface area contributed by atoms with Gasteiger partial charge in [0.15, 0.2) is 5.82 Å². The molecule has 1 aromatic carbocycles. The molecule has 110 valence electrons. The van der Waals surface area contributed by atoms with Crippen molar-refractivity contribution in [2.75, 3.05) is 6.61 Å². The number of halogens is 3. The van der Waals surface area contributed by atoms with Gasteiger partial charge in [-0.2, -0.15) is 0 Å². The third-order valence-electron chi connectivity index (χ3n) is 3.30. The summed E-state index contributed by atoms with van der Waals surface area (Å²) in [6, 6.07) is 1.07. The predicted molar refractivity (Wildman–Crippen MR) is 77.0 cm³/mol. The summed E-state index contributed by atoms with van der Waals surface area (Å²) in [6.45, 7) is 3.96. The van der Waals surface area contributed by atoms with E-state index in [-0.39, 0.29) is 16.3 Å². The number of carbonyl (C=O) groups excluding carboxylic acids is 1. The second-order valence-corrected chi connectivity index (χ2v) is 5.77. The van der Waals surface area contributed by atoms with E-state index in [0.29, 0.717) is 36.3 Å². The van der Waals surface area contributed by atoms with Crippen LogP contribution in [0.15, 0.2) is 6.07 Å². The molecule has 1 amide bonds. The molecule has 2 atom stereocenters. The van der Waals surface area contributed by atoms with Gasteiger partial charge in [-0.1, -0.05) is 11.6 Å². The molecule has 0 radical (unpaired) electrons. The molecular formula is C14H16Cl2FNO2. The Morgan fingerprint density at radius 1 is 1.60 bits per heavy atom. The van der Waals surface area contributed by atoms with Crippen molar-refractivity contribution >= 4 is 29.1 Å². The SMILES string of the molecule is CCOc1c(C(C)Cl)cc(Cl)c(F)c1C1CCC(=O)N1. The molecule has 0 spiro atoms. The molecule has 2 rings (SSSR count). The molecule has 0 aromatic heterocycles. The van der Waals surface area contributed by atoms with Crippen LogP contribution in [-0.4, -0.2) is 12.5 Å². The van der Waals surface area contributed by atoms with Gasteiger partial charge in [-0.25, -0.2) is 4.39 Å². The van der Waals surface area contributed by atoms with E-state index in [9.17, 15) is 9.18 Å². The zero-order chi connectivity index (χ0) is 14.9. The van der Waals surface area contributed by atoms with E-state index in [1.807, 2.05) is 6.92 Å². The predicted octanol–water partition coefficient (Wildman–Crippen LogP) is 4.13. The highest BCUT2D eigenvalue weighted by molar-refractivity contribution is 6.31. The van der Waals surface area contributed by atoms with Crippen molar-refractivity contribution in [2.45, 2.75) is 38.1 Å². The Morgan fingerprint density at radius 3 is 2.80 bits per heavy atom. The fourth-order valence-corrected chi connectivity index (χ4v) is 2.77. The lowest BCUT2D eigenvalue weighted by Gasteiger charge is -2.21. The van der Waals surface area contributed by atoms with E-state index in [1.54, 1.807) is 6.92 Å². The van der Waals surface area contributed by atoms with E-state index in [0.717, 1.165) is 0 Å². The summed E-state index contributed by atoms with van der Waals surface area (Å²) < 4.78 is 20.0. The second-order valence-electron chi connectivity index (χ2n) is 4.71. The Kier molecular flexibility index (Phi) is 4.76. The van der Waals surface area contributed by atoms with Gasteiger partial charge in [-0.05, 0) is 26.3 Å². The van der Waals surface area contributed by atoms with Crippen LogP contribution in [0.4, 0.5) is 4.39 Å². The van der Waals surface area contributed by atoms with Crippen LogP contribution >= 0.6 is 23.2 Å². The molecular weight excluding hydrogens is 304 g/mol. The van der Waals surface area contributed by atoms with Gasteiger partial charge < -0.3 is 10.1 Å². The normalized spacial score (nSPS) is 19.9. The number of benzene rings is 1. The van der Waals surface area contributed by atoms with Crippen molar-refractivity contribution in [3.05, 3.63) is 28.0 Å². The Labute approximate surface area is 127 Å². The summed E-state index contributed by atoms with van der Waals surface area (Å²) in [4.78, 5) is 11.4. The molecule has 3 nitrogen and oxygen atoms in total. The van der Waals surface area contributed by atoms with Crippen LogP contribution in [0.2, 0.25) is 5.02 Å². The molecule has 2 unspecified atom stereocenters. The average Bonchev–Trinajstić information content (AvgIpc) is 2.80. The number of rotatable bonds is 4. The van der Waals surface area contributed by atoms with E-state index in [1.165, 1.54) is 6.07 Å². The highest BCUT2D eigenvalue weighted by Crippen LogP contribution is 2.42. The van der Waals surface area contributed by atoms with Crippen LogP contribution in [-0.2, 0) is 4.79 Å². The van der Waals surface area contributed by atoms with E-state index >= 15 is 0 Å². The van der Waals surface area contributed by atoms with Gasteiger partial charge in [0.2, 0.25) is 5.91 Å². The summed E-state index contributed by atoms with van der Waals surface area (Å²) in [6.07, 6.45) is 0.889. The lowest BCUT2D eigenvalue weighted by atomic mass is 9.98. The molecule has 6 heteroatoms. The molecule has 0 aliphatic carbocycles. The third-order valence-corrected chi connectivity index (χ3v) is 3.81. The number of ether oxygens (including phenoxy) is 1. The van der Waals surface area contributed by atoms with E-state index in [4.69, 9.17) is 27.9 Å². The number of alkyl halides is 1. The first-order valence-electron chi connectivity index (χ1n) is 6.53. The van der Waals surface area contributed by atoms with Crippen molar-refractivity contribution in [1.82, 2.24) is 5.32 Å². The highest BCUT2D eigenvalue weighted by Gasteiger charge is 2.31. The quantitative estimate of drug-likeness (QED) is 0.847. The van der Waals surface area contributed by atoms with Gasteiger partial charge in [0.05, 0.1) is 28.6 Å². The lowest BCUT2D eigenvalue weighted by molar-refractivity contribution is -0.119. The molecule has 0 saturated carbocycles. The summed E-state index contributed by atoms with van der Waals surface area (Å²) in [5.74, 6) is -0.259. The van der Waals surface area contributed by atoms with E-state index < -0.39 is 11.9 Å². The Bertz CT molecular complexity index is 534. The summed E-state index contributed by atoms with van der Waals surface area (Å²) in [7, 11) is 0. The van der Waals surface area contributed by atoms with Crippen molar-refractivity contribution < 1.29 is 13.9 Å². The van der Waals surface area contributed by atoms with Gasteiger partial charge in [0.25, 0.3) is 0 Å². The minimum atomic E-state index is -0.552. The van der Waals surface area contributed by atoms with Crippen molar-refractivity contribution in [1.29, 1.82) is 0 Å². The van der Waals surface area contributed by atoms with Crippen LogP contribution < -0.4 is 10.1 Å². The molecule has 1 aliphatic rings. The minimum Gasteiger partial charge on any atom is -0.493 e. The van der Waals surface area contributed by atoms with Gasteiger partial charge in [0, 0.05) is 12.0 Å². The van der Waals surface area contributed by atoms with Crippen molar-refractivity contribution in [3.63, 3.8) is 0 Å². The van der Waals surface area contributed by atoms with Gasteiger partial charge in [-0.15, -0.1) is 11.6 Å². The number of carbonyl (C=O) groups is 1. The maximum absolute atomic E-state index is 14.4. The Morgan fingerprint density at radius 2 is 2.30 bits per heavy atom. The topological polar surface area (TPSA) is 38.3 Å². The lowest BCUT2D eigenvalue weighted by Crippen LogP contribution is -2.21. The third kappa shape index (κ3) is 2.86. The fraction of sp³-hybridized carbons (Fsp3) is 0.500. The maximum atomic E-state index is 14.4. The zero-order valence-corrected chi connectivity index (χ0v) is 12.8. The van der Waals surface area contributed by atoms with Gasteiger partial charge in [-0.3, -0.25) is 4.79 Å². The van der Waals surface area contributed by atoms with Crippen LogP contribution in [0.25, 0.3) is 0 Å². The number of amides is 1. The Hall–Kier alpha value is -1.00. The first kappa shape index (κ1) is 15.4. The smallest absolute Gasteiger partial charge is 0.220 e. The maximum Gasteiger partial charge on any atom is 0.220 e. The summed E-state index contributed by atoms with van der Waals surface area (Å²) in [5.41, 5.74) is 0.934. The average molecular weight is 320 g/mol. The first-order chi connectivity index (χ1) is 9.45. The molecule has 20 heavy (non-hydrogen) atoms. The largest absolute Gasteiger partial charge is 0.493 e. The second kappa shape index (κ2) is 6.19. The zero-order valence-electron chi connectivity index (χ0n) is 11.3. The minimum absolute atomic E-state index is 0.00731. The fourth-order valence-electron chi connectivity index (χ4n) is 2.39. The molecule has 0 bridgehead atoms. The molecule has 1 aliphatic heterocycles. The van der Waals surface area contributed by atoms with Crippen LogP contribution in [0, 0.1) is 5.82 Å². The molecule has 1 heterocycles. The van der Waals surface area contributed by atoms with Gasteiger partial charge in [0.1, 0.15) is 5.75 Å². The van der Waals surface area contributed by atoms with E-state index in [2.05, 4.69) is 5.32 Å². The molecule has 1 saturated heterocycles.